The Morgan fingerprint density at radius 1 is 1.24 bits per heavy atom. The quantitative estimate of drug-likeness (QED) is 0.802. The van der Waals surface area contributed by atoms with Crippen LogP contribution in [0.2, 0.25) is 0 Å². The van der Waals surface area contributed by atoms with Gasteiger partial charge in [-0.15, -0.1) is 0 Å². The van der Waals surface area contributed by atoms with Crippen LogP contribution in [0.3, 0.4) is 0 Å². The van der Waals surface area contributed by atoms with E-state index in [0.29, 0.717) is 0 Å². The SMILES string of the molecule is Cc1nc2c(Cc3ccccc3)c[nH]n2c(=O)c1C(C)C. The number of nitrogens with zero attached hydrogens (tertiary/aromatic N) is 2. The van der Waals surface area contributed by atoms with Gasteiger partial charge in [0.05, 0.1) is 0 Å². The second-order valence-corrected chi connectivity index (χ2v) is 5.69. The molecule has 4 heteroatoms. The first kappa shape index (κ1) is 13.6. The summed E-state index contributed by atoms with van der Waals surface area (Å²) < 4.78 is 1.56. The maximum atomic E-state index is 12.5. The summed E-state index contributed by atoms with van der Waals surface area (Å²) in [6, 6.07) is 10.2. The van der Waals surface area contributed by atoms with Gasteiger partial charge in [0.2, 0.25) is 0 Å². The van der Waals surface area contributed by atoms with Crippen LogP contribution < -0.4 is 5.56 Å². The van der Waals surface area contributed by atoms with Gasteiger partial charge in [-0.25, -0.2) is 9.50 Å². The van der Waals surface area contributed by atoms with Gasteiger partial charge in [-0.1, -0.05) is 44.2 Å². The van der Waals surface area contributed by atoms with Crippen LogP contribution in [0.1, 0.15) is 42.1 Å². The van der Waals surface area contributed by atoms with Crippen molar-refractivity contribution in [3.05, 3.63) is 69.3 Å². The van der Waals surface area contributed by atoms with Gasteiger partial charge in [0.1, 0.15) is 0 Å². The van der Waals surface area contributed by atoms with Crippen molar-refractivity contribution in [1.82, 2.24) is 14.6 Å². The number of H-pyrrole nitrogens is 1. The minimum atomic E-state index is 0.00631. The standard InChI is InChI=1S/C17H19N3O/c1-11(2)15-12(3)19-16-14(10-18-20(16)17(15)21)9-13-7-5-4-6-8-13/h4-8,10-11,18H,9H2,1-3H3. The predicted molar refractivity (Wildman–Crippen MR) is 83.9 cm³/mol. The number of benzene rings is 1. The first-order chi connectivity index (χ1) is 10.1. The highest BCUT2D eigenvalue weighted by Gasteiger charge is 2.16. The van der Waals surface area contributed by atoms with Crippen molar-refractivity contribution in [2.24, 2.45) is 0 Å². The van der Waals surface area contributed by atoms with E-state index in [1.54, 1.807) is 4.52 Å². The van der Waals surface area contributed by atoms with Crippen LogP contribution in [-0.2, 0) is 6.42 Å². The van der Waals surface area contributed by atoms with E-state index in [-0.39, 0.29) is 11.5 Å². The number of hydrogen-bond donors (Lipinski definition) is 1. The van der Waals surface area contributed by atoms with Gasteiger partial charge in [0.25, 0.3) is 5.56 Å². The molecule has 0 fully saturated rings. The third-order valence-electron chi connectivity index (χ3n) is 3.78. The Balaban J connectivity index is 2.13. The van der Waals surface area contributed by atoms with E-state index in [4.69, 9.17) is 0 Å². The Labute approximate surface area is 123 Å². The van der Waals surface area contributed by atoms with Crippen molar-refractivity contribution in [3.8, 4) is 0 Å². The first-order valence-corrected chi connectivity index (χ1v) is 7.21. The molecule has 0 aliphatic rings. The lowest BCUT2D eigenvalue weighted by Gasteiger charge is -2.08. The highest BCUT2D eigenvalue weighted by Crippen LogP contribution is 2.17. The average molecular weight is 281 g/mol. The summed E-state index contributed by atoms with van der Waals surface area (Å²) in [4.78, 5) is 17.2. The lowest BCUT2D eigenvalue weighted by Crippen LogP contribution is -2.22. The molecule has 0 aliphatic heterocycles. The molecule has 1 aromatic carbocycles. The Morgan fingerprint density at radius 2 is 1.95 bits per heavy atom. The normalized spacial score (nSPS) is 11.4. The van der Waals surface area contributed by atoms with E-state index >= 15 is 0 Å². The van der Waals surface area contributed by atoms with Crippen molar-refractivity contribution in [1.29, 1.82) is 0 Å². The molecule has 21 heavy (non-hydrogen) atoms. The van der Waals surface area contributed by atoms with Crippen molar-refractivity contribution in [3.63, 3.8) is 0 Å². The second kappa shape index (κ2) is 5.20. The molecule has 3 aromatic rings. The third-order valence-corrected chi connectivity index (χ3v) is 3.78. The van der Waals surface area contributed by atoms with Crippen LogP contribution in [0, 0.1) is 6.92 Å². The van der Waals surface area contributed by atoms with Crippen LogP contribution in [0.5, 0.6) is 0 Å². The Hall–Kier alpha value is -2.36. The van der Waals surface area contributed by atoms with Crippen LogP contribution in [0.4, 0.5) is 0 Å². The number of aromatic nitrogens is 3. The fourth-order valence-electron chi connectivity index (χ4n) is 2.79. The zero-order chi connectivity index (χ0) is 15.0. The molecule has 0 atom stereocenters. The van der Waals surface area contributed by atoms with Gasteiger partial charge < -0.3 is 0 Å². The molecule has 0 unspecified atom stereocenters. The smallest absolute Gasteiger partial charge is 0.276 e. The molecule has 0 radical (unpaired) electrons. The van der Waals surface area contributed by atoms with E-state index in [0.717, 1.165) is 28.9 Å². The zero-order valence-electron chi connectivity index (χ0n) is 12.6. The molecule has 0 saturated carbocycles. The van der Waals surface area contributed by atoms with Crippen LogP contribution >= 0.6 is 0 Å². The summed E-state index contributed by atoms with van der Waals surface area (Å²) >= 11 is 0. The molecule has 108 valence electrons. The molecule has 0 saturated heterocycles. The van der Waals surface area contributed by atoms with E-state index in [2.05, 4.69) is 22.2 Å². The number of hydrogen-bond acceptors (Lipinski definition) is 2. The summed E-state index contributed by atoms with van der Waals surface area (Å²) in [5, 5.41) is 3.04. The molecule has 2 aromatic heterocycles. The van der Waals surface area contributed by atoms with Gasteiger partial charge in [-0.05, 0) is 18.4 Å². The average Bonchev–Trinajstić information content (AvgIpc) is 2.83. The van der Waals surface area contributed by atoms with Gasteiger partial charge in [-0.2, -0.15) is 0 Å². The van der Waals surface area contributed by atoms with Crippen molar-refractivity contribution in [2.45, 2.75) is 33.1 Å². The van der Waals surface area contributed by atoms with E-state index in [1.165, 1.54) is 5.56 Å². The Kier molecular flexibility index (Phi) is 3.37. The fourth-order valence-corrected chi connectivity index (χ4v) is 2.79. The molecule has 1 N–H and O–H groups in total. The molecule has 0 aliphatic carbocycles. The minimum Gasteiger partial charge on any atom is -0.297 e. The van der Waals surface area contributed by atoms with Crippen molar-refractivity contribution < 1.29 is 0 Å². The highest BCUT2D eigenvalue weighted by atomic mass is 16.1. The number of nitrogens with one attached hydrogen (secondary N) is 1. The zero-order valence-corrected chi connectivity index (χ0v) is 12.6. The maximum absolute atomic E-state index is 12.5. The van der Waals surface area contributed by atoms with E-state index in [1.807, 2.05) is 45.2 Å². The van der Waals surface area contributed by atoms with Gasteiger partial charge in [0, 0.05) is 29.4 Å². The number of aryl methyl sites for hydroxylation is 1. The fraction of sp³-hybridized carbons (Fsp3) is 0.294. The third kappa shape index (κ3) is 2.37. The largest absolute Gasteiger partial charge is 0.297 e. The molecule has 4 nitrogen and oxygen atoms in total. The monoisotopic (exact) mass is 281 g/mol. The van der Waals surface area contributed by atoms with Gasteiger partial charge >= 0.3 is 0 Å². The lowest BCUT2D eigenvalue weighted by atomic mass is 10.0. The van der Waals surface area contributed by atoms with Crippen molar-refractivity contribution in [2.75, 3.05) is 0 Å². The maximum Gasteiger partial charge on any atom is 0.276 e. The molecule has 2 heterocycles. The molecule has 0 amide bonds. The molecular weight excluding hydrogens is 262 g/mol. The van der Waals surface area contributed by atoms with Crippen LogP contribution in [0.25, 0.3) is 5.65 Å². The van der Waals surface area contributed by atoms with E-state index in [9.17, 15) is 4.79 Å². The lowest BCUT2D eigenvalue weighted by molar-refractivity contribution is 0.779. The summed E-state index contributed by atoms with van der Waals surface area (Å²) in [5.41, 5.74) is 4.58. The van der Waals surface area contributed by atoms with Crippen LogP contribution in [0.15, 0.2) is 41.3 Å². The van der Waals surface area contributed by atoms with Gasteiger partial charge in [0.15, 0.2) is 5.65 Å². The number of aromatic amines is 1. The molecular formula is C17H19N3O. The Bertz CT molecular complexity index is 828. The van der Waals surface area contributed by atoms with E-state index < -0.39 is 0 Å². The van der Waals surface area contributed by atoms with Gasteiger partial charge in [-0.3, -0.25) is 9.89 Å². The number of fused-ring (bicyclic) bond motifs is 1. The first-order valence-electron chi connectivity index (χ1n) is 7.21. The van der Waals surface area contributed by atoms with Crippen molar-refractivity contribution >= 4 is 5.65 Å². The summed E-state index contributed by atoms with van der Waals surface area (Å²) in [5.74, 6) is 0.169. The molecule has 0 bridgehead atoms. The topological polar surface area (TPSA) is 50.2 Å². The second-order valence-electron chi connectivity index (χ2n) is 5.69. The Morgan fingerprint density at radius 3 is 2.62 bits per heavy atom. The minimum absolute atomic E-state index is 0.00631. The predicted octanol–water partition coefficient (Wildman–Crippen LogP) is 3.05. The summed E-state index contributed by atoms with van der Waals surface area (Å²) in [6.07, 6.45) is 2.64. The summed E-state index contributed by atoms with van der Waals surface area (Å²) in [7, 11) is 0. The summed E-state index contributed by atoms with van der Waals surface area (Å²) in [6.45, 7) is 5.95. The number of rotatable bonds is 3. The molecule has 3 rings (SSSR count). The van der Waals surface area contributed by atoms with Crippen LogP contribution in [-0.4, -0.2) is 14.6 Å². The molecule has 0 spiro atoms. The highest BCUT2D eigenvalue weighted by molar-refractivity contribution is 5.50.